The lowest BCUT2D eigenvalue weighted by Crippen LogP contribution is -2.00. The van der Waals surface area contributed by atoms with Crippen LogP contribution in [0.15, 0.2) is 61.2 Å². The standard InChI is InChI=1S/C23H20N4OS/c1-15-11-17(13-26-22(15)18-8-10-24-16(2)12-18)6-7-20(28)21-14-27-23(29-21)19-5-3-4-9-25-19/h3-5,8-14H,6-7H2,1-2H3. The van der Waals surface area contributed by atoms with Gasteiger partial charge in [0, 0.05) is 42.5 Å². The van der Waals surface area contributed by atoms with Crippen LogP contribution in [0.5, 0.6) is 0 Å². The molecule has 5 nitrogen and oxygen atoms in total. The Hall–Kier alpha value is -3.25. The van der Waals surface area contributed by atoms with Crippen molar-refractivity contribution in [3.05, 3.63) is 82.9 Å². The number of pyridine rings is 3. The molecule has 0 aromatic carbocycles. The Labute approximate surface area is 173 Å². The summed E-state index contributed by atoms with van der Waals surface area (Å²) >= 11 is 1.39. The van der Waals surface area contributed by atoms with Gasteiger partial charge in [-0.1, -0.05) is 12.1 Å². The average Bonchev–Trinajstić information content (AvgIpc) is 3.23. The fourth-order valence-corrected chi connectivity index (χ4v) is 4.02. The first kappa shape index (κ1) is 19.1. The second kappa shape index (κ2) is 8.41. The van der Waals surface area contributed by atoms with Crippen LogP contribution in [0.25, 0.3) is 22.0 Å². The van der Waals surface area contributed by atoms with Crippen LogP contribution in [-0.2, 0) is 6.42 Å². The molecule has 0 amide bonds. The lowest BCUT2D eigenvalue weighted by Gasteiger charge is -2.08. The van der Waals surface area contributed by atoms with Gasteiger partial charge in [0.1, 0.15) is 5.01 Å². The molecule has 0 N–H and O–H groups in total. The highest BCUT2D eigenvalue weighted by Gasteiger charge is 2.13. The van der Waals surface area contributed by atoms with Crippen molar-refractivity contribution < 1.29 is 4.79 Å². The van der Waals surface area contributed by atoms with Gasteiger partial charge in [0.15, 0.2) is 5.78 Å². The molecule has 0 saturated heterocycles. The number of thiazole rings is 1. The Morgan fingerprint density at radius 3 is 2.62 bits per heavy atom. The summed E-state index contributed by atoms with van der Waals surface area (Å²) < 4.78 is 0. The van der Waals surface area contributed by atoms with Gasteiger partial charge in [-0.05, 0) is 55.7 Å². The first-order valence-corrected chi connectivity index (χ1v) is 10.2. The normalized spacial score (nSPS) is 10.8. The molecule has 0 saturated carbocycles. The second-order valence-electron chi connectivity index (χ2n) is 6.86. The van der Waals surface area contributed by atoms with Gasteiger partial charge in [0.2, 0.25) is 0 Å². The molecule has 29 heavy (non-hydrogen) atoms. The molecule has 144 valence electrons. The number of carbonyl (C=O) groups excluding carboxylic acids is 1. The molecule has 0 bridgehead atoms. The summed E-state index contributed by atoms with van der Waals surface area (Å²) in [6.07, 6.45) is 8.11. The quantitative estimate of drug-likeness (QED) is 0.422. The molecule has 0 aliphatic heterocycles. The lowest BCUT2D eigenvalue weighted by molar-refractivity contribution is 0.0986. The van der Waals surface area contributed by atoms with E-state index in [9.17, 15) is 4.79 Å². The number of hydrogen-bond acceptors (Lipinski definition) is 6. The fourth-order valence-electron chi connectivity index (χ4n) is 3.16. The first-order valence-electron chi connectivity index (χ1n) is 9.39. The minimum Gasteiger partial charge on any atom is -0.293 e. The third kappa shape index (κ3) is 4.43. The monoisotopic (exact) mass is 400 g/mol. The number of aryl methyl sites for hydroxylation is 3. The zero-order valence-corrected chi connectivity index (χ0v) is 17.1. The lowest BCUT2D eigenvalue weighted by atomic mass is 10.0. The molecular formula is C23H20N4OS. The molecule has 0 atom stereocenters. The summed E-state index contributed by atoms with van der Waals surface area (Å²) in [5, 5.41) is 0.767. The van der Waals surface area contributed by atoms with Crippen LogP contribution in [0.3, 0.4) is 0 Å². The Morgan fingerprint density at radius 1 is 0.966 bits per heavy atom. The Bertz CT molecular complexity index is 1150. The van der Waals surface area contributed by atoms with Gasteiger partial charge >= 0.3 is 0 Å². The summed E-state index contributed by atoms with van der Waals surface area (Å²) in [6.45, 7) is 4.02. The van der Waals surface area contributed by atoms with Crippen LogP contribution in [-0.4, -0.2) is 25.7 Å². The van der Waals surface area contributed by atoms with E-state index in [1.54, 1.807) is 18.6 Å². The van der Waals surface area contributed by atoms with E-state index >= 15 is 0 Å². The number of ketones is 1. The van der Waals surface area contributed by atoms with E-state index in [-0.39, 0.29) is 5.78 Å². The highest BCUT2D eigenvalue weighted by Crippen LogP contribution is 2.25. The molecule has 4 heterocycles. The van der Waals surface area contributed by atoms with Gasteiger partial charge in [-0.25, -0.2) is 4.98 Å². The van der Waals surface area contributed by atoms with Crippen molar-refractivity contribution in [2.24, 2.45) is 0 Å². The topological polar surface area (TPSA) is 68.6 Å². The largest absolute Gasteiger partial charge is 0.293 e. The summed E-state index contributed by atoms with van der Waals surface area (Å²) in [4.78, 5) is 30.8. The first-order chi connectivity index (χ1) is 14.1. The van der Waals surface area contributed by atoms with E-state index < -0.39 is 0 Å². The molecule has 0 unspecified atom stereocenters. The Morgan fingerprint density at radius 2 is 1.86 bits per heavy atom. The van der Waals surface area contributed by atoms with Gasteiger partial charge in [0.05, 0.1) is 16.3 Å². The smallest absolute Gasteiger partial charge is 0.174 e. The minimum atomic E-state index is 0.0937. The van der Waals surface area contributed by atoms with E-state index in [4.69, 9.17) is 0 Å². The maximum absolute atomic E-state index is 12.6. The highest BCUT2D eigenvalue weighted by molar-refractivity contribution is 7.16. The van der Waals surface area contributed by atoms with Crippen LogP contribution in [0.2, 0.25) is 0 Å². The van der Waals surface area contributed by atoms with Gasteiger partial charge in [-0.15, -0.1) is 11.3 Å². The number of Topliss-reactive ketones (excluding diaryl/α,β-unsaturated/α-hetero) is 1. The summed E-state index contributed by atoms with van der Waals surface area (Å²) in [5.41, 5.74) is 5.92. The predicted octanol–water partition coefficient (Wildman–Crippen LogP) is 5.09. The molecule has 0 spiro atoms. The van der Waals surface area contributed by atoms with Gasteiger partial charge in [-0.3, -0.25) is 19.7 Å². The SMILES string of the molecule is Cc1cc(-c2ncc(CCC(=O)c3cnc(-c4ccccn4)s3)cc2C)ccn1. The zero-order valence-electron chi connectivity index (χ0n) is 16.3. The van der Waals surface area contributed by atoms with E-state index in [2.05, 4.69) is 26.0 Å². The summed E-state index contributed by atoms with van der Waals surface area (Å²) in [7, 11) is 0. The zero-order chi connectivity index (χ0) is 20.2. The second-order valence-corrected chi connectivity index (χ2v) is 7.89. The molecule has 0 aliphatic rings. The van der Waals surface area contributed by atoms with Crippen molar-refractivity contribution in [2.75, 3.05) is 0 Å². The molecule has 4 aromatic heterocycles. The van der Waals surface area contributed by atoms with Crippen molar-refractivity contribution in [3.63, 3.8) is 0 Å². The van der Waals surface area contributed by atoms with Crippen molar-refractivity contribution >= 4 is 17.1 Å². The van der Waals surface area contributed by atoms with E-state index in [1.807, 2.05) is 50.4 Å². The van der Waals surface area contributed by atoms with Crippen LogP contribution in [0.1, 0.15) is 32.9 Å². The van der Waals surface area contributed by atoms with Crippen LogP contribution >= 0.6 is 11.3 Å². The highest BCUT2D eigenvalue weighted by atomic mass is 32.1. The van der Waals surface area contributed by atoms with Crippen molar-refractivity contribution in [1.82, 2.24) is 19.9 Å². The molecular weight excluding hydrogens is 380 g/mol. The number of hydrogen-bond donors (Lipinski definition) is 0. The van der Waals surface area contributed by atoms with Gasteiger partial charge < -0.3 is 0 Å². The molecule has 0 aliphatic carbocycles. The molecule has 0 fully saturated rings. The van der Waals surface area contributed by atoms with Crippen LogP contribution < -0.4 is 0 Å². The number of carbonyl (C=O) groups is 1. The Kier molecular flexibility index (Phi) is 5.53. The van der Waals surface area contributed by atoms with Crippen molar-refractivity contribution in [1.29, 1.82) is 0 Å². The summed E-state index contributed by atoms with van der Waals surface area (Å²) in [5.74, 6) is 0.0937. The predicted molar refractivity (Wildman–Crippen MR) is 115 cm³/mol. The fraction of sp³-hybridized carbons (Fsp3) is 0.174. The number of rotatable bonds is 6. The van der Waals surface area contributed by atoms with Crippen molar-refractivity contribution in [3.8, 4) is 22.0 Å². The maximum atomic E-state index is 12.6. The number of aromatic nitrogens is 4. The van der Waals surface area contributed by atoms with E-state index in [0.29, 0.717) is 17.7 Å². The summed E-state index contributed by atoms with van der Waals surface area (Å²) in [6, 6.07) is 11.8. The third-order valence-corrected chi connectivity index (χ3v) is 5.67. The minimum absolute atomic E-state index is 0.0937. The van der Waals surface area contributed by atoms with Crippen LogP contribution in [0, 0.1) is 13.8 Å². The molecule has 4 rings (SSSR count). The maximum Gasteiger partial charge on any atom is 0.174 e. The van der Waals surface area contributed by atoms with E-state index in [1.165, 1.54) is 11.3 Å². The average molecular weight is 401 g/mol. The molecule has 6 heteroatoms. The molecule has 4 aromatic rings. The number of nitrogens with zero attached hydrogens (tertiary/aromatic N) is 4. The Balaban J connectivity index is 1.43. The van der Waals surface area contributed by atoms with Crippen LogP contribution in [0.4, 0.5) is 0 Å². The van der Waals surface area contributed by atoms with E-state index in [0.717, 1.165) is 38.8 Å². The van der Waals surface area contributed by atoms with Crippen molar-refractivity contribution in [2.45, 2.75) is 26.7 Å². The third-order valence-electron chi connectivity index (χ3n) is 4.61. The molecule has 0 radical (unpaired) electrons. The van der Waals surface area contributed by atoms with Gasteiger partial charge in [-0.2, -0.15) is 0 Å². The van der Waals surface area contributed by atoms with Gasteiger partial charge in [0.25, 0.3) is 0 Å².